The number of pyridine rings is 1. The minimum Gasteiger partial charge on any atom is -0.457 e. The maximum Gasteiger partial charge on any atom is 0.277 e. The standard InChI is InChI=1S/C15H14N2O5/c1-15(2)21-9-10(22-15)8-16-7-6-11-12(14(16)18)4-3-5-13(11)17(19)20/h3-7,9H,8H2,1-2H3. The molecule has 0 atom stereocenters. The number of hydrogen-bond donors (Lipinski definition) is 0. The molecule has 0 radical (unpaired) electrons. The second kappa shape index (κ2) is 4.87. The normalized spacial score (nSPS) is 16.0. The monoisotopic (exact) mass is 302 g/mol. The van der Waals surface area contributed by atoms with Crippen LogP contribution in [0, 0.1) is 10.1 Å². The zero-order valence-electron chi connectivity index (χ0n) is 12.1. The molecule has 0 spiro atoms. The first-order valence-corrected chi connectivity index (χ1v) is 6.70. The van der Waals surface area contributed by atoms with Gasteiger partial charge < -0.3 is 14.0 Å². The van der Waals surface area contributed by atoms with Crippen LogP contribution >= 0.6 is 0 Å². The fourth-order valence-electron chi connectivity index (χ4n) is 2.39. The van der Waals surface area contributed by atoms with Gasteiger partial charge in [-0.3, -0.25) is 14.9 Å². The summed E-state index contributed by atoms with van der Waals surface area (Å²) in [6.45, 7) is 3.74. The molecule has 0 bridgehead atoms. The average molecular weight is 302 g/mol. The number of allylic oxidation sites excluding steroid dienone is 1. The van der Waals surface area contributed by atoms with Crippen LogP contribution in [0.25, 0.3) is 10.8 Å². The van der Waals surface area contributed by atoms with Crippen molar-refractivity contribution in [2.45, 2.75) is 26.2 Å². The van der Waals surface area contributed by atoms with Gasteiger partial charge in [-0.1, -0.05) is 6.07 Å². The molecule has 0 N–H and O–H groups in total. The molecular weight excluding hydrogens is 288 g/mol. The van der Waals surface area contributed by atoms with Gasteiger partial charge in [-0.05, 0) is 12.1 Å². The molecule has 114 valence electrons. The summed E-state index contributed by atoms with van der Waals surface area (Å²) in [5, 5.41) is 11.6. The van der Waals surface area contributed by atoms with Crippen molar-refractivity contribution in [3.05, 3.63) is 63.0 Å². The summed E-state index contributed by atoms with van der Waals surface area (Å²) in [5.41, 5.74) is -0.391. The third-order valence-corrected chi connectivity index (χ3v) is 3.37. The van der Waals surface area contributed by atoms with Gasteiger partial charge in [0.25, 0.3) is 11.2 Å². The minimum absolute atomic E-state index is 0.0810. The first-order chi connectivity index (χ1) is 10.4. The van der Waals surface area contributed by atoms with Crippen molar-refractivity contribution in [2.24, 2.45) is 0 Å². The van der Waals surface area contributed by atoms with E-state index >= 15 is 0 Å². The van der Waals surface area contributed by atoms with Crippen molar-refractivity contribution in [3.8, 4) is 0 Å². The molecule has 0 aliphatic carbocycles. The summed E-state index contributed by atoms with van der Waals surface area (Å²) in [4.78, 5) is 23.0. The molecule has 0 saturated carbocycles. The van der Waals surface area contributed by atoms with Crippen LogP contribution in [0.5, 0.6) is 0 Å². The van der Waals surface area contributed by atoms with Crippen molar-refractivity contribution >= 4 is 16.5 Å². The fraction of sp³-hybridized carbons (Fsp3) is 0.267. The number of fused-ring (bicyclic) bond motifs is 1. The van der Waals surface area contributed by atoms with Gasteiger partial charge in [-0.25, -0.2) is 0 Å². The molecule has 0 amide bonds. The largest absolute Gasteiger partial charge is 0.457 e. The molecule has 2 aromatic rings. The number of aromatic nitrogens is 1. The molecule has 7 nitrogen and oxygen atoms in total. The Hall–Kier alpha value is -2.83. The Kier molecular flexibility index (Phi) is 3.13. The van der Waals surface area contributed by atoms with Crippen LogP contribution in [0.1, 0.15) is 13.8 Å². The van der Waals surface area contributed by atoms with Gasteiger partial charge >= 0.3 is 0 Å². The number of benzene rings is 1. The van der Waals surface area contributed by atoms with E-state index in [1.54, 1.807) is 26.0 Å². The smallest absolute Gasteiger partial charge is 0.277 e. The van der Waals surface area contributed by atoms with Gasteiger partial charge in [0.2, 0.25) is 5.79 Å². The van der Waals surface area contributed by atoms with E-state index in [1.807, 2.05) is 0 Å². The Morgan fingerprint density at radius 3 is 2.68 bits per heavy atom. The predicted molar refractivity (Wildman–Crippen MR) is 79.2 cm³/mol. The van der Waals surface area contributed by atoms with E-state index < -0.39 is 10.7 Å². The molecule has 7 heteroatoms. The summed E-state index contributed by atoms with van der Waals surface area (Å²) in [6, 6.07) is 6.02. The molecule has 1 aromatic heterocycles. The van der Waals surface area contributed by atoms with Crippen molar-refractivity contribution in [3.63, 3.8) is 0 Å². The van der Waals surface area contributed by atoms with Crippen LogP contribution in [0.15, 0.2) is 47.3 Å². The van der Waals surface area contributed by atoms with Crippen LogP contribution < -0.4 is 5.56 Å². The lowest BCUT2D eigenvalue weighted by Gasteiger charge is -2.18. The van der Waals surface area contributed by atoms with Crippen molar-refractivity contribution in [1.82, 2.24) is 4.57 Å². The first kappa shape index (κ1) is 14.1. The average Bonchev–Trinajstić information content (AvgIpc) is 2.80. The number of non-ortho nitro benzene ring substituents is 1. The quantitative estimate of drug-likeness (QED) is 0.642. The van der Waals surface area contributed by atoms with E-state index in [-0.39, 0.29) is 17.8 Å². The highest BCUT2D eigenvalue weighted by Gasteiger charge is 2.27. The number of rotatable bonds is 3. The molecule has 0 unspecified atom stereocenters. The molecule has 0 saturated heterocycles. The molecule has 0 fully saturated rings. The summed E-state index contributed by atoms with van der Waals surface area (Å²) in [7, 11) is 0. The number of nitro groups is 1. The second-order valence-electron chi connectivity index (χ2n) is 5.45. The van der Waals surface area contributed by atoms with Gasteiger partial charge in [0, 0.05) is 26.1 Å². The summed E-state index contributed by atoms with van der Waals surface area (Å²) in [6.07, 6.45) is 3.00. The van der Waals surface area contributed by atoms with Crippen LogP contribution in [-0.4, -0.2) is 15.3 Å². The van der Waals surface area contributed by atoms with Crippen molar-refractivity contribution in [2.75, 3.05) is 0 Å². The lowest BCUT2D eigenvalue weighted by molar-refractivity contribution is -0.383. The van der Waals surface area contributed by atoms with E-state index in [4.69, 9.17) is 9.47 Å². The van der Waals surface area contributed by atoms with Gasteiger partial charge in [-0.2, -0.15) is 0 Å². The van der Waals surface area contributed by atoms with Crippen LogP contribution in [0.3, 0.4) is 0 Å². The predicted octanol–water partition coefficient (Wildman–Crippen LogP) is 2.53. The Morgan fingerprint density at radius 1 is 1.27 bits per heavy atom. The number of hydrogen-bond acceptors (Lipinski definition) is 5. The minimum atomic E-state index is -0.741. The van der Waals surface area contributed by atoms with Crippen molar-refractivity contribution in [1.29, 1.82) is 0 Å². The zero-order valence-corrected chi connectivity index (χ0v) is 12.1. The Balaban J connectivity index is 2.02. The van der Waals surface area contributed by atoms with E-state index in [0.717, 1.165) is 0 Å². The van der Waals surface area contributed by atoms with Gasteiger partial charge in [0.15, 0.2) is 5.76 Å². The topological polar surface area (TPSA) is 83.6 Å². The molecule has 22 heavy (non-hydrogen) atoms. The molecule has 1 aliphatic rings. The van der Waals surface area contributed by atoms with Gasteiger partial charge in [0.1, 0.15) is 6.26 Å². The van der Waals surface area contributed by atoms with Crippen LogP contribution in [-0.2, 0) is 16.0 Å². The highest BCUT2D eigenvalue weighted by molar-refractivity contribution is 5.89. The highest BCUT2D eigenvalue weighted by atomic mass is 16.7. The molecule has 1 aromatic carbocycles. The number of nitro benzene ring substituents is 1. The number of nitrogens with zero attached hydrogens (tertiary/aromatic N) is 2. The lowest BCUT2D eigenvalue weighted by Crippen LogP contribution is -2.24. The van der Waals surface area contributed by atoms with Gasteiger partial charge in [0.05, 0.1) is 22.2 Å². The summed E-state index contributed by atoms with van der Waals surface area (Å²) in [5.74, 6) is -0.217. The maximum atomic E-state index is 12.5. The second-order valence-corrected chi connectivity index (χ2v) is 5.45. The molecule has 2 heterocycles. The number of ether oxygens (including phenoxy) is 2. The molecule has 1 aliphatic heterocycles. The lowest BCUT2D eigenvalue weighted by atomic mass is 10.1. The van der Waals surface area contributed by atoms with Gasteiger partial charge in [-0.15, -0.1) is 0 Å². The third kappa shape index (κ3) is 2.41. The summed E-state index contributed by atoms with van der Waals surface area (Å²) >= 11 is 0. The molecule has 3 rings (SSSR count). The Morgan fingerprint density at radius 2 is 2.05 bits per heavy atom. The first-order valence-electron chi connectivity index (χ1n) is 6.70. The van der Waals surface area contributed by atoms with E-state index in [2.05, 4.69) is 0 Å². The van der Waals surface area contributed by atoms with Crippen LogP contribution in [0.2, 0.25) is 0 Å². The van der Waals surface area contributed by atoms with Crippen molar-refractivity contribution < 1.29 is 14.4 Å². The molecular formula is C15H14N2O5. The SMILES string of the molecule is CC1(C)OC=C(Cn2ccc3c([N+](=O)[O-])cccc3c2=O)O1. The van der Waals surface area contributed by atoms with Crippen LogP contribution in [0.4, 0.5) is 5.69 Å². The highest BCUT2D eigenvalue weighted by Crippen LogP contribution is 2.26. The third-order valence-electron chi connectivity index (χ3n) is 3.37. The summed E-state index contributed by atoms with van der Waals surface area (Å²) < 4.78 is 12.3. The Bertz CT molecular complexity index is 851. The fourth-order valence-corrected chi connectivity index (χ4v) is 2.39. The Labute approximate surface area is 125 Å². The van der Waals surface area contributed by atoms with E-state index in [1.165, 1.54) is 29.2 Å². The van der Waals surface area contributed by atoms with E-state index in [9.17, 15) is 14.9 Å². The zero-order chi connectivity index (χ0) is 15.9. The maximum absolute atomic E-state index is 12.5. The van der Waals surface area contributed by atoms with E-state index in [0.29, 0.717) is 16.5 Å².